The Bertz CT molecular complexity index is 487. The lowest BCUT2D eigenvalue weighted by Crippen LogP contribution is -2.20. The molecule has 1 rings (SSSR count). The Morgan fingerprint density at radius 1 is 1.31 bits per heavy atom. The highest BCUT2D eigenvalue weighted by Crippen LogP contribution is 2.32. The number of rotatable bonds is 3. The zero-order valence-electron chi connectivity index (χ0n) is 10.1. The highest BCUT2D eigenvalue weighted by molar-refractivity contribution is 7.85. The minimum absolute atomic E-state index is 0.0185. The number of aryl methyl sites for hydroxylation is 1. The van der Waals surface area contributed by atoms with Crippen LogP contribution in [0.1, 0.15) is 38.3 Å². The SMILES string of the molecule is CCC(C)(C)c1cc(C)ccc1S(=O)(=O)O. The van der Waals surface area contributed by atoms with Gasteiger partial charge in [-0.2, -0.15) is 8.42 Å². The largest absolute Gasteiger partial charge is 0.294 e. The van der Waals surface area contributed by atoms with E-state index in [0.29, 0.717) is 5.56 Å². The fourth-order valence-electron chi connectivity index (χ4n) is 1.59. The lowest BCUT2D eigenvalue weighted by Gasteiger charge is -2.25. The first kappa shape index (κ1) is 13.2. The summed E-state index contributed by atoms with van der Waals surface area (Å²) in [4.78, 5) is 0.0185. The topological polar surface area (TPSA) is 54.4 Å². The van der Waals surface area contributed by atoms with Gasteiger partial charge in [-0.3, -0.25) is 4.55 Å². The second-order valence-corrected chi connectivity index (χ2v) is 6.10. The number of benzene rings is 1. The molecule has 4 heteroatoms. The maximum Gasteiger partial charge on any atom is 0.294 e. The monoisotopic (exact) mass is 242 g/mol. The van der Waals surface area contributed by atoms with Crippen LogP contribution in [0.3, 0.4) is 0 Å². The van der Waals surface area contributed by atoms with Gasteiger partial charge in [0.1, 0.15) is 0 Å². The fraction of sp³-hybridized carbons (Fsp3) is 0.500. The third kappa shape index (κ3) is 2.62. The Labute approximate surface area is 97.2 Å². The van der Waals surface area contributed by atoms with E-state index >= 15 is 0 Å². The van der Waals surface area contributed by atoms with Gasteiger partial charge in [-0.1, -0.05) is 38.5 Å². The lowest BCUT2D eigenvalue weighted by molar-refractivity contribution is 0.464. The van der Waals surface area contributed by atoms with Gasteiger partial charge in [-0.25, -0.2) is 0 Å². The molecule has 1 aromatic carbocycles. The third-order valence-corrected chi connectivity index (χ3v) is 3.94. The third-order valence-electron chi connectivity index (χ3n) is 3.03. The van der Waals surface area contributed by atoms with Gasteiger partial charge in [0.25, 0.3) is 10.1 Å². The number of hydrogen-bond donors (Lipinski definition) is 1. The molecule has 0 amide bonds. The van der Waals surface area contributed by atoms with Crippen LogP contribution in [0, 0.1) is 6.92 Å². The first-order valence-corrected chi connectivity index (χ1v) is 6.71. The zero-order valence-corrected chi connectivity index (χ0v) is 10.9. The van der Waals surface area contributed by atoms with Crippen molar-refractivity contribution in [2.24, 2.45) is 0 Å². The molecule has 0 radical (unpaired) electrons. The summed E-state index contributed by atoms with van der Waals surface area (Å²) in [5, 5.41) is 0. The summed E-state index contributed by atoms with van der Waals surface area (Å²) in [5.41, 5.74) is 1.40. The van der Waals surface area contributed by atoms with Crippen molar-refractivity contribution >= 4 is 10.1 Å². The van der Waals surface area contributed by atoms with Crippen LogP contribution in [0.25, 0.3) is 0 Å². The predicted molar refractivity (Wildman–Crippen MR) is 64.3 cm³/mol. The molecule has 0 heterocycles. The maximum absolute atomic E-state index is 11.3. The summed E-state index contributed by atoms with van der Waals surface area (Å²) < 4.78 is 31.8. The van der Waals surface area contributed by atoms with Gasteiger partial charge in [0.15, 0.2) is 0 Å². The number of hydrogen-bond acceptors (Lipinski definition) is 2. The summed E-state index contributed by atoms with van der Waals surface area (Å²) in [6, 6.07) is 4.99. The van der Waals surface area contributed by atoms with E-state index in [2.05, 4.69) is 0 Å². The van der Waals surface area contributed by atoms with Crippen LogP contribution in [0.5, 0.6) is 0 Å². The van der Waals surface area contributed by atoms with E-state index in [1.807, 2.05) is 33.8 Å². The molecule has 1 N–H and O–H groups in total. The summed E-state index contributed by atoms with van der Waals surface area (Å²) >= 11 is 0. The maximum atomic E-state index is 11.3. The van der Waals surface area contributed by atoms with E-state index < -0.39 is 10.1 Å². The minimum Gasteiger partial charge on any atom is -0.282 e. The molecule has 0 atom stereocenters. The Kier molecular flexibility index (Phi) is 3.45. The molecule has 0 fully saturated rings. The molecule has 0 bridgehead atoms. The van der Waals surface area contributed by atoms with Crippen LogP contribution >= 0.6 is 0 Å². The van der Waals surface area contributed by atoms with E-state index in [-0.39, 0.29) is 10.3 Å². The highest BCUT2D eigenvalue weighted by atomic mass is 32.2. The van der Waals surface area contributed by atoms with Crippen molar-refractivity contribution < 1.29 is 13.0 Å². The Morgan fingerprint density at radius 3 is 2.31 bits per heavy atom. The second kappa shape index (κ2) is 4.18. The van der Waals surface area contributed by atoms with Crippen LogP contribution in [0.15, 0.2) is 23.1 Å². The van der Waals surface area contributed by atoms with Crippen LogP contribution < -0.4 is 0 Å². The molecule has 0 aliphatic rings. The molecule has 0 saturated heterocycles. The van der Waals surface area contributed by atoms with Gasteiger partial charge in [-0.15, -0.1) is 0 Å². The van der Waals surface area contributed by atoms with E-state index in [9.17, 15) is 13.0 Å². The quantitative estimate of drug-likeness (QED) is 0.829. The van der Waals surface area contributed by atoms with Crippen molar-refractivity contribution in [3.8, 4) is 0 Å². The Morgan fingerprint density at radius 2 is 1.88 bits per heavy atom. The van der Waals surface area contributed by atoms with Gasteiger partial charge in [-0.05, 0) is 30.4 Å². The van der Waals surface area contributed by atoms with Crippen molar-refractivity contribution in [1.82, 2.24) is 0 Å². The molecule has 0 spiro atoms. The summed E-state index contributed by atoms with van der Waals surface area (Å²) in [7, 11) is -4.14. The second-order valence-electron chi connectivity index (χ2n) is 4.71. The standard InChI is InChI=1S/C12H18O3S/c1-5-12(3,4)10-8-9(2)6-7-11(10)16(13,14)15/h6-8H,5H2,1-4H3,(H,13,14,15). The average molecular weight is 242 g/mol. The molecule has 0 saturated carbocycles. The van der Waals surface area contributed by atoms with Crippen molar-refractivity contribution in [3.63, 3.8) is 0 Å². The molecule has 16 heavy (non-hydrogen) atoms. The highest BCUT2D eigenvalue weighted by Gasteiger charge is 2.26. The fourth-order valence-corrected chi connectivity index (χ4v) is 2.44. The minimum atomic E-state index is -4.14. The van der Waals surface area contributed by atoms with E-state index in [4.69, 9.17) is 0 Å². The van der Waals surface area contributed by atoms with Crippen LogP contribution in [0.2, 0.25) is 0 Å². The summed E-state index contributed by atoms with van der Waals surface area (Å²) in [5.74, 6) is 0. The first-order chi connectivity index (χ1) is 7.18. The van der Waals surface area contributed by atoms with Gasteiger partial charge in [0, 0.05) is 0 Å². The first-order valence-electron chi connectivity index (χ1n) is 5.27. The van der Waals surface area contributed by atoms with E-state index in [1.54, 1.807) is 6.07 Å². The van der Waals surface area contributed by atoms with Crippen molar-refractivity contribution in [3.05, 3.63) is 29.3 Å². The van der Waals surface area contributed by atoms with E-state index in [0.717, 1.165) is 12.0 Å². The summed E-state index contributed by atoms with van der Waals surface area (Å²) in [6.45, 7) is 7.84. The van der Waals surface area contributed by atoms with Crippen molar-refractivity contribution in [2.45, 2.75) is 44.4 Å². The molecule has 0 aliphatic heterocycles. The molecule has 0 unspecified atom stereocenters. The Balaban J connectivity index is 3.54. The van der Waals surface area contributed by atoms with Crippen LogP contribution in [-0.2, 0) is 15.5 Å². The van der Waals surface area contributed by atoms with Crippen molar-refractivity contribution in [2.75, 3.05) is 0 Å². The molecule has 3 nitrogen and oxygen atoms in total. The normalized spacial score (nSPS) is 12.8. The predicted octanol–water partition coefficient (Wildman–Crippen LogP) is 2.93. The average Bonchev–Trinajstić information content (AvgIpc) is 2.15. The van der Waals surface area contributed by atoms with E-state index in [1.165, 1.54) is 6.07 Å². The van der Waals surface area contributed by atoms with Crippen LogP contribution in [-0.4, -0.2) is 13.0 Å². The lowest BCUT2D eigenvalue weighted by atomic mass is 9.81. The van der Waals surface area contributed by atoms with Gasteiger partial charge in [0.2, 0.25) is 0 Å². The molecule has 0 aliphatic carbocycles. The van der Waals surface area contributed by atoms with Gasteiger partial charge in [0.05, 0.1) is 4.90 Å². The summed E-state index contributed by atoms with van der Waals surface area (Å²) in [6.07, 6.45) is 0.805. The molecular weight excluding hydrogens is 224 g/mol. The van der Waals surface area contributed by atoms with Crippen molar-refractivity contribution in [1.29, 1.82) is 0 Å². The Hall–Kier alpha value is -0.870. The van der Waals surface area contributed by atoms with Gasteiger partial charge < -0.3 is 0 Å². The zero-order chi connectivity index (χ0) is 12.6. The molecule has 1 aromatic rings. The molecule has 90 valence electrons. The van der Waals surface area contributed by atoms with Crippen LogP contribution in [0.4, 0.5) is 0 Å². The molecule has 0 aromatic heterocycles. The van der Waals surface area contributed by atoms with Gasteiger partial charge >= 0.3 is 0 Å². The smallest absolute Gasteiger partial charge is 0.282 e. The molecular formula is C12H18O3S.